The Balaban J connectivity index is 2.58. The summed E-state index contributed by atoms with van der Waals surface area (Å²) >= 11 is 0. The number of amides is 2. The van der Waals surface area contributed by atoms with Gasteiger partial charge in [0, 0.05) is 46.0 Å². The second-order valence-electron chi connectivity index (χ2n) is 6.46. The van der Waals surface area contributed by atoms with Crippen molar-refractivity contribution >= 4 is 11.8 Å². The van der Waals surface area contributed by atoms with Crippen LogP contribution in [-0.2, 0) is 9.53 Å². The Bertz CT molecular complexity index is 532. The second-order valence-corrected chi connectivity index (χ2v) is 6.46. The minimum atomic E-state index is -0.210. The molecule has 7 nitrogen and oxygen atoms in total. The molecule has 0 fully saturated rings. The quantitative estimate of drug-likeness (QED) is 0.615. The zero-order valence-electron chi connectivity index (χ0n) is 15.7. The van der Waals surface area contributed by atoms with Gasteiger partial charge in [0.2, 0.25) is 5.91 Å². The first-order valence-electron chi connectivity index (χ1n) is 8.77. The Morgan fingerprint density at radius 3 is 2.60 bits per heavy atom. The van der Waals surface area contributed by atoms with E-state index in [0.717, 1.165) is 12.1 Å². The van der Waals surface area contributed by atoms with Gasteiger partial charge in [-0.2, -0.15) is 0 Å². The largest absolute Gasteiger partial charge is 0.385 e. The predicted octanol–water partition coefficient (Wildman–Crippen LogP) is 1.82. The monoisotopic (exact) mass is 350 g/mol. The Kier molecular flexibility index (Phi) is 9.69. The molecule has 0 unspecified atom stereocenters. The molecule has 0 saturated carbocycles. The van der Waals surface area contributed by atoms with E-state index in [1.54, 1.807) is 18.2 Å². The van der Waals surface area contributed by atoms with Crippen LogP contribution in [0.3, 0.4) is 0 Å². The number of rotatable bonds is 11. The molecule has 1 aromatic rings. The van der Waals surface area contributed by atoms with Gasteiger partial charge in [-0.1, -0.05) is 13.8 Å². The standard InChI is InChI=1S/C18H30N4O3/c1-14(2)6-8-19-17(23)7-10-22(9-5-11-25-4)18(24)16-13-20-15(3)12-21-16/h12-14H,5-11H2,1-4H3,(H,19,23). The Morgan fingerprint density at radius 1 is 1.24 bits per heavy atom. The number of aryl methyl sites for hydroxylation is 1. The van der Waals surface area contributed by atoms with Gasteiger partial charge in [-0.05, 0) is 25.7 Å². The second kappa shape index (κ2) is 11.5. The van der Waals surface area contributed by atoms with Crippen molar-refractivity contribution in [3.05, 3.63) is 23.8 Å². The number of hydrogen-bond donors (Lipinski definition) is 1. The fourth-order valence-corrected chi connectivity index (χ4v) is 2.20. The molecular formula is C18H30N4O3. The van der Waals surface area contributed by atoms with Gasteiger partial charge in [0.25, 0.3) is 5.91 Å². The molecule has 1 N–H and O–H groups in total. The van der Waals surface area contributed by atoms with Gasteiger partial charge in [-0.3, -0.25) is 14.6 Å². The van der Waals surface area contributed by atoms with E-state index in [1.807, 2.05) is 6.92 Å². The van der Waals surface area contributed by atoms with Crippen LogP contribution in [0.5, 0.6) is 0 Å². The third-order valence-corrected chi connectivity index (χ3v) is 3.72. The van der Waals surface area contributed by atoms with Crippen molar-refractivity contribution in [2.75, 3.05) is 33.4 Å². The molecule has 2 amide bonds. The highest BCUT2D eigenvalue weighted by Gasteiger charge is 2.18. The summed E-state index contributed by atoms with van der Waals surface area (Å²) in [5.41, 5.74) is 1.05. The minimum absolute atomic E-state index is 0.0415. The molecule has 1 rings (SSSR count). The maximum Gasteiger partial charge on any atom is 0.274 e. The number of nitrogens with zero attached hydrogens (tertiary/aromatic N) is 3. The van der Waals surface area contributed by atoms with E-state index in [9.17, 15) is 9.59 Å². The van der Waals surface area contributed by atoms with Gasteiger partial charge in [0.05, 0.1) is 11.9 Å². The van der Waals surface area contributed by atoms with Gasteiger partial charge >= 0.3 is 0 Å². The zero-order valence-corrected chi connectivity index (χ0v) is 15.7. The first-order valence-corrected chi connectivity index (χ1v) is 8.77. The molecule has 0 aliphatic carbocycles. The summed E-state index contributed by atoms with van der Waals surface area (Å²) < 4.78 is 5.05. The summed E-state index contributed by atoms with van der Waals surface area (Å²) in [5, 5.41) is 2.89. The van der Waals surface area contributed by atoms with Gasteiger partial charge < -0.3 is 15.0 Å². The minimum Gasteiger partial charge on any atom is -0.385 e. The molecule has 7 heteroatoms. The molecule has 0 aliphatic rings. The maximum atomic E-state index is 12.6. The Hall–Kier alpha value is -2.02. The van der Waals surface area contributed by atoms with Crippen LogP contribution in [0.2, 0.25) is 0 Å². The summed E-state index contributed by atoms with van der Waals surface area (Å²) in [6.45, 7) is 8.14. The first kappa shape index (κ1) is 21.0. The molecule has 1 aromatic heterocycles. The van der Waals surface area contributed by atoms with Crippen molar-refractivity contribution in [1.82, 2.24) is 20.2 Å². The number of carbonyl (C=O) groups excluding carboxylic acids is 2. The smallest absolute Gasteiger partial charge is 0.274 e. The third-order valence-electron chi connectivity index (χ3n) is 3.72. The van der Waals surface area contributed by atoms with E-state index in [0.29, 0.717) is 44.3 Å². The van der Waals surface area contributed by atoms with Crippen molar-refractivity contribution in [2.24, 2.45) is 5.92 Å². The topological polar surface area (TPSA) is 84.4 Å². The average Bonchev–Trinajstić information content (AvgIpc) is 2.57. The predicted molar refractivity (Wildman–Crippen MR) is 96.2 cm³/mol. The summed E-state index contributed by atoms with van der Waals surface area (Å²) in [7, 11) is 1.62. The molecule has 0 bridgehead atoms. The fourth-order valence-electron chi connectivity index (χ4n) is 2.20. The molecule has 25 heavy (non-hydrogen) atoms. The van der Waals surface area contributed by atoms with Crippen LogP contribution in [0.15, 0.2) is 12.4 Å². The molecule has 0 radical (unpaired) electrons. The van der Waals surface area contributed by atoms with Gasteiger partial charge in [0.15, 0.2) is 0 Å². The first-order chi connectivity index (χ1) is 11.9. The van der Waals surface area contributed by atoms with E-state index in [-0.39, 0.29) is 18.2 Å². The van der Waals surface area contributed by atoms with E-state index in [2.05, 4.69) is 29.1 Å². The zero-order chi connectivity index (χ0) is 18.7. The molecule has 0 saturated heterocycles. The average molecular weight is 350 g/mol. The summed E-state index contributed by atoms with van der Waals surface area (Å²) in [4.78, 5) is 34.5. The number of nitrogens with one attached hydrogen (secondary N) is 1. The third kappa shape index (κ3) is 8.58. The number of aromatic nitrogens is 2. The highest BCUT2D eigenvalue weighted by Crippen LogP contribution is 2.04. The lowest BCUT2D eigenvalue weighted by Crippen LogP contribution is -2.37. The van der Waals surface area contributed by atoms with Crippen LogP contribution < -0.4 is 5.32 Å². The SMILES string of the molecule is COCCCN(CCC(=O)NCCC(C)C)C(=O)c1cnc(C)cn1. The van der Waals surface area contributed by atoms with Crippen molar-refractivity contribution in [1.29, 1.82) is 0 Å². The van der Waals surface area contributed by atoms with E-state index in [1.165, 1.54) is 6.20 Å². The summed E-state index contributed by atoms with van der Waals surface area (Å²) in [6.07, 6.45) is 4.97. The molecule has 0 atom stereocenters. The lowest BCUT2D eigenvalue weighted by molar-refractivity contribution is -0.121. The van der Waals surface area contributed by atoms with Crippen molar-refractivity contribution in [3.63, 3.8) is 0 Å². The molecule has 0 aromatic carbocycles. The Morgan fingerprint density at radius 2 is 2.00 bits per heavy atom. The van der Waals surface area contributed by atoms with E-state index in [4.69, 9.17) is 4.74 Å². The van der Waals surface area contributed by atoms with Gasteiger partial charge in [-0.25, -0.2) is 4.98 Å². The molecule has 1 heterocycles. The lowest BCUT2D eigenvalue weighted by Gasteiger charge is -2.22. The normalized spacial score (nSPS) is 10.8. The fraction of sp³-hybridized carbons (Fsp3) is 0.667. The van der Waals surface area contributed by atoms with Crippen molar-refractivity contribution < 1.29 is 14.3 Å². The van der Waals surface area contributed by atoms with Gasteiger partial charge in [-0.15, -0.1) is 0 Å². The van der Waals surface area contributed by atoms with E-state index < -0.39 is 0 Å². The number of methoxy groups -OCH3 is 1. The molecule has 0 spiro atoms. The molecule has 140 valence electrons. The maximum absolute atomic E-state index is 12.6. The van der Waals surface area contributed by atoms with E-state index >= 15 is 0 Å². The van der Waals surface area contributed by atoms with Crippen LogP contribution >= 0.6 is 0 Å². The number of hydrogen-bond acceptors (Lipinski definition) is 5. The summed E-state index contributed by atoms with van der Waals surface area (Å²) in [6, 6.07) is 0. The van der Waals surface area contributed by atoms with Crippen LogP contribution in [0.1, 0.15) is 49.3 Å². The number of ether oxygens (including phenoxy) is 1. The highest BCUT2D eigenvalue weighted by molar-refractivity contribution is 5.92. The molecular weight excluding hydrogens is 320 g/mol. The van der Waals surface area contributed by atoms with Crippen LogP contribution in [0.25, 0.3) is 0 Å². The summed E-state index contributed by atoms with van der Waals surface area (Å²) in [5.74, 6) is 0.297. The molecule has 0 aliphatic heterocycles. The van der Waals surface area contributed by atoms with Crippen LogP contribution in [0.4, 0.5) is 0 Å². The Labute approximate surface area is 150 Å². The van der Waals surface area contributed by atoms with Crippen molar-refractivity contribution in [3.8, 4) is 0 Å². The van der Waals surface area contributed by atoms with Crippen LogP contribution in [0, 0.1) is 12.8 Å². The highest BCUT2D eigenvalue weighted by atomic mass is 16.5. The van der Waals surface area contributed by atoms with Crippen molar-refractivity contribution in [2.45, 2.75) is 40.0 Å². The van der Waals surface area contributed by atoms with Crippen LogP contribution in [-0.4, -0.2) is 60.0 Å². The number of carbonyl (C=O) groups is 2. The lowest BCUT2D eigenvalue weighted by atomic mass is 10.1. The van der Waals surface area contributed by atoms with Gasteiger partial charge in [0.1, 0.15) is 5.69 Å².